The van der Waals surface area contributed by atoms with Crippen molar-refractivity contribution < 1.29 is 18.7 Å². The molecule has 26 heavy (non-hydrogen) atoms. The number of hydrogen-bond donors (Lipinski definition) is 1. The number of fused-ring (bicyclic) bond motifs is 1. The van der Waals surface area contributed by atoms with E-state index in [0.717, 1.165) is 21.6 Å². The summed E-state index contributed by atoms with van der Waals surface area (Å²) in [6, 6.07) is 7.46. The molecule has 1 aromatic carbocycles. The Bertz CT molecular complexity index is 962. The number of ether oxygens (including phenoxy) is 1. The molecule has 0 aliphatic carbocycles. The van der Waals surface area contributed by atoms with E-state index in [9.17, 15) is 14.0 Å². The summed E-state index contributed by atoms with van der Waals surface area (Å²) >= 11 is 1.30. The van der Waals surface area contributed by atoms with E-state index >= 15 is 0 Å². The van der Waals surface area contributed by atoms with Crippen molar-refractivity contribution in [1.29, 1.82) is 0 Å². The van der Waals surface area contributed by atoms with E-state index in [2.05, 4.69) is 15.2 Å². The minimum atomic E-state index is -0.378. The summed E-state index contributed by atoms with van der Waals surface area (Å²) in [7, 11) is 1.31. The molecule has 3 rings (SSSR count). The highest BCUT2D eigenvalue weighted by Crippen LogP contribution is 2.30. The number of carbonyl (C=O) groups is 2. The Morgan fingerprint density at radius 1 is 1.35 bits per heavy atom. The summed E-state index contributed by atoms with van der Waals surface area (Å²) in [5.74, 6) is -0.954. The van der Waals surface area contributed by atoms with E-state index in [0.29, 0.717) is 4.88 Å². The highest BCUT2D eigenvalue weighted by atomic mass is 32.1. The zero-order chi connectivity index (χ0) is 18.8. The van der Waals surface area contributed by atoms with Gasteiger partial charge in [-0.2, -0.15) is 5.10 Å². The first kappa shape index (κ1) is 18.1. The van der Waals surface area contributed by atoms with Crippen LogP contribution in [0.2, 0.25) is 0 Å². The Kier molecular flexibility index (Phi) is 5.03. The van der Waals surface area contributed by atoms with Gasteiger partial charge in [-0.25, -0.2) is 9.07 Å². The number of aromatic nitrogens is 2. The highest BCUT2D eigenvalue weighted by molar-refractivity contribution is 7.20. The van der Waals surface area contributed by atoms with Gasteiger partial charge in [-0.05, 0) is 44.2 Å². The average Bonchev–Trinajstić information content (AvgIpc) is 3.16. The first-order valence-corrected chi connectivity index (χ1v) is 8.83. The molecule has 1 amide bonds. The SMILES string of the molecule is COC(=O)CC(C)NC(=O)c1cc2c(C)nn(-c3ccc(F)cc3)c2s1. The summed E-state index contributed by atoms with van der Waals surface area (Å²) in [4.78, 5) is 25.1. The van der Waals surface area contributed by atoms with Crippen LogP contribution in [0.1, 0.15) is 28.7 Å². The fourth-order valence-electron chi connectivity index (χ4n) is 2.60. The number of thiophene rings is 1. The number of halogens is 1. The fraction of sp³-hybridized carbons (Fsp3) is 0.278. The van der Waals surface area contributed by atoms with Crippen molar-refractivity contribution >= 4 is 33.4 Å². The summed E-state index contributed by atoms with van der Waals surface area (Å²) < 4.78 is 19.5. The van der Waals surface area contributed by atoms with Gasteiger partial charge in [0, 0.05) is 11.4 Å². The molecular weight excluding hydrogens is 357 g/mol. The van der Waals surface area contributed by atoms with Gasteiger partial charge in [-0.3, -0.25) is 9.59 Å². The van der Waals surface area contributed by atoms with E-state index in [1.54, 1.807) is 29.8 Å². The molecule has 2 aromatic heterocycles. The standard InChI is InChI=1S/C18H18FN3O3S/c1-10(8-16(23)25-3)20-17(24)15-9-14-11(2)21-22(18(14)26-15)13-6-4-12(19)5-7-13/h4-7,9-10H,8H2,1-3H3,(H,20,24). The maximum atomic E-state index is 13.2. The van der Waals surface area contributed by atoms with Gasteiger partial charge in [0.05, 0.1) is 29.8 Å². The minimum Gasteiger partial charge on any atom is -0.469 e. The van der Waals surface area contributed by atoms with Gasteiger partial charge in [0.1, 0.15) is 10.6 Å². The Balaban J connectivity index is 1.87. The molecule has 0 spiro atoms. The van der Waals surface area contributed by atoms with Crippen molar-refractivity contribution in [2.45, 2.75) is 26.3 Å². The van der Waals surface area contributed by atoms with Gasteiger partial charge in [-0.15, -0.1) is 11.3 Å². The van der Waals surface area contributed by atoms with Crippen molar-refractivity contribution in [3.05, 3.63) is 46.7 Å². The van der Waals surface area contributed by atoms with Gasteiger partial charge in [0.15, 0.2) is 0 Å². The minimum absolute atomic E-state index is 0.107. The average molecular weight is 375 g/mol. The Hall–Kier alpha value is -2.74. The number of carbonyl (C=O) groups excluding carboxylic acids is 2. The van der Waals surface area contributed by atoms with Gasteiger partial charge < -0.3 is 10.1 Å². The summed E-state index contributed by atoms with van der Waals surface area (Å²) in [5, 5.41) is 8.13. The van der Waals surface area contributed by atoms with E-state index in [-0.39, 0.29) is 30.2 Å². The van der Waals surface area contributed by atoms with E-state index < -0.39 is 0 Å². The van der Waals surface area contributed by atoms with Crippen LogP contribution in [0.3, 0.4) is 0 Å². The number of esters is 1. The van der Waals surface area contributed by atoms with Crippen LogP contribution in [0.5, 0.6) is 0 Å². The number of aryl methyl sites for hydroxylation is 1. The van der Waals surface area contributed by atoms with Gasteiger partial charge >= 0.3 is 5.97 Å². The van der Waals surface area contributed by atoms with Crippen molar-refractivity contribution in [2.24, 2.45) is 0 Å². The molecular formula is C18H18FN3O3S. The second-order valence-electron chi connectivity index (χ2n) is 5.96. The van der Waals surface area contributed by atoms with Crippen LogP contribution in [0, 0.1) is 12.7 Å². The topological polar surface area (TPSA) is 73.2 Å². The third kappa shape index (κ3) is 3.60. The number of benzene rings is 1. The molecule has 3 aromatic rings. The molecule has 0 aliphatic rings. The number of rotatable bonds is 5. The molecule has 2 heterocycles. The molecule has 0 aliphatic heterocycles. The normalized spacial score (nSPS) is 12.2. The summed E-state index contributed by atoms with van der Waals surface area (Å²) in [6.45, 7) is 3.60. The van der Waals surface area contributed by atoms with Gasteiger partial charge in [0.2, 0.25) is 0 Å². The lowest BCUT2D eigenvalue weighted by atomic mass is 10.2. The monoisotopic (exact) mass is 375 g/mol. The second-order valence-corrected chi connectivity index (χ2v) is 6.99. The molecule has 0 radical (unpaired) electrons. The third-order valence-electron chi connectivity index (χ3n) is 3.92. The molecule has 0 bridgehead atoms. The Labute approximate surface area is 153 Å². The van der Waals surface area contributed by atoms with Crippen molar-refractivity contribution in [3.63, 3.8) is 0 Å². The van der Waals surface area contributed by atoms with E-state index in [4.69, 9.17) is 0 Å². The summed E-state index contributed by atoms with van der Waals surface area (Å²) in [6.07, 6.45) is 0.107. The van der Waals surface area contributed by atoms with Gasteiger partial charge in [-0.1, -0.05) is 0 Å². The van der Waals surface area contributed by atoms with Crippen LogP contribution in [0.15, 0.2) is 30.3 Å². The molecule has 6 nitrogen and oxygen atoms in total. The number of methoxy groups -OCH3 is 1. The van der Waals surface area contributed by atoms with Crippen LogP contribution in [0.4, 0.5) is 4.39 Å². The maximum absolute atomic E-state index is 13.2. The maximum Gasteiger partial charge on any atom is 0.307 e. The Morgan fingerprint density at radius 2 is 2.04 bits per heavy atom. The third-order valence-corrected chi connectivity index (χ3v) is 5.03. The molecule has 0 saturated carbocycles. The fourth-order valence-corrected chi connectivity index (χ4v) is 3.68. The van der Waals surface area contributed by atoms with E-state index in [1.807, 2.05) is 6.92 Å². The molecule has 0 fully saturated rings. The van der Waals surface area contributed by atoms with Crippen LogP contribution in [-0.2, 0) is 9.53 Å². The lowest BCUT2D eigenvalue weighted by Gasteiger charge is -2.11. The Morgan fingerprint density at radius 3 is 2.69 bits per heavy atom. The van der Waals surface area contributed by atoms with Crippen LogP contribution in [0.25, 0.3) is 15.9 Å². The number of nitrogens with one attached hydrogen (secondary N) is 1. The number of amides is 1. The first-order chi connectivity index (χ1) is 12.4. The van der Waals surface area contributed by atoms with Crippen molar-refractivity contribution in [1.82, 2.24) is 15.1 Å². The molecule has 0 saturated heterocycles. The number of nitrogens with zero attached hydrogens (tertiary/aromatic N) is 2. The number of hydrogen-bond acceptors (Lipinski definition) is 5. The second kappa shape index (κ2) is 7.25. The smallest absolute Gasteiger partial charge is 0.307 e. The lowest BCUT2D eigenvalue weighted by molar-refractivity contribution is -0.141. The van der Waals surface area contributed by atoms with Crippen molar-refractivity contribution in [3.8, 4) is 5.69 Å². The quantitative estimate of drug-likeness (QED) is 0.695. The molecule has 1 atom stereocenters. The van der Waals surface area contributed by atoms with Crippen LogP contribution < -0.4 is 5.32 Å². The van der Waals surface area contributed by atoms with Crippen molar-refractivity contribution in [2.75, 3.05) is 7.11 Å². The van der Waals surface area contributed by atoms with Crippen LogP contribution >= 0.6 is 11.3 Å². The summed E-state index contributed by atoms with van der Waals surface area (Å²) in [5.41, 5.74) is 1.50. The molecule has 1 N–H and O–H groups in total. The molecule has 8 heteroatoms. The highest BCUT2D eigenvalue weighted by Gasteiger charge is 2.19. The lowest BCUT2D eigenvalue weighted by Crippen LogP contribution is -2.34. The van der Waals surface area contributed by atoms with Crippen LogP contribution in [-0.4, -0.2) is 34.8 Å². The zero-order valence-corrected chi connectivity index (χ0v) is 15.4. The largest absolute Gasteiger partial charge is 0.469 e. The predicted octanol–water partition coefficient (Wildman–Crippen LogP) is 3.22. The van der Waals surface area contributed by atoms with Gasteiger partial charge in [0.25, 0.3) is 5.91 Å². The predicted molar refractivity (Wildman–Crippen MR) is 97.2 cm³/mol. The zero-order valence-electron chi connectivity index (χ0n) is 14.6. The first-order valence-electron chi connectivity index (χ1n) is 8.02. The van der Waals surface area contributed by atoms with E-state index in [1.165, 1.54) is 30.6 Å². The molecule has 136 valence electrons. The molecule has 1 unspecified atom stereocenters.